The number of epoxide rings is 1. The third-order valence-electron chi connectivity index (χ3n) is 4.92. The Hall–Kier alpha value is -2.82. The minimum atomic E-state index is -0.964. The summed E-state index contributed by atoms with van der Waals surface area (Å²) in [5.41, 5.74) is 1.25. The van der Waals surface area contributed by atoms with E-state index in [1.54, 1.807) is 18.2 Å². The molecule has 0 bridgehead atoms. The molecule has 1 fully saturated rings. The van der Waals surface area contributed by atoms with E-state index < -0.39 is 12.1 Å². The number of hydrogen-bond acceptors (Lipinski definition) is 7. The van der Waals surface area contributed by atoms with Crippen molar-refractivity contribution in [3.63, 3.8) is 0 Å². The van der Waals surface area contributed by atoms with Crippen LogP contribution < -0.4 is 35.4 Å². The number of aliphatic hydroxyl groups excluding tert-OH is 1. The second kappa shape index (κ2) is 12.8. The number of carbonyl (C=O) groups excluding carboxylic acids is 1. The molecule has 1 aliphatic rings. The number of benzene rings is 3. The molecule has 0 aromatic heterocycles. The van der Waals surface area contributed by atoms with Gasteiger partial charge in [0.05, 0.1) is 6.61 Å². The van der Waals surface area contributed by atoms with Gasteiger partial charge in [-0.25, -0.2) is 0 Å². The van der Waals surface area contributed by atoms with Crippen LogP contribution in [0.15, 0.2) is 72.8 Å². The number of aryl methyl sites for hydroxylation is 1. The van der Waals surface area contributed by atoms with Crippen LogP contribution >= 0.6 is 0 Å². The monoisotopic (exact) mass is 591 g/mol. The number of aliphatic hydroxyl groups is 1. The molecule has 1 saturated heterocycles. The van der Waals surface area contributed by atoms with Crippen LogP contribution in [0.1, 0.15) is 5.56 Å². The predicted octanol–water partition coefficient (Wildman–Crippen LogP) is 0.263. The Kier molecular flexibility index (Phi) is 9.21. The van der Waals surface area contributed by atoms with Crippen LogP contribution in [0.5, 0.6) is 17.2 Å². The standard InChI is InChI=1S/C27H28IO7/c1-19-5-7-20(8-6-19)28-21-9-11-23(12-10-21)34-18-27(30)35-15-22(29)14-31-24-3-2-4-25(13-24)32-16-26-17-33-26/h2-13,22,26,29H,14-18H2,1H3/q-1. The fourth-order valence-corrected chi connectivity index (χ4v) is 5.09. The van der Waals surface area contributed by atoms with E-state index >= 15 is 0 Å². The van der Waals surface area contributed by atoms with Gasteiger partial charge in [0.15, 0.2) is 0 Å². The van der Waals surface area contributed by atoms with Gasteiger partial charge in [0.1, 0.15) is 24.2 Å². The fourth-order valence-electron chi connectivity index (χ4n) is 2.94. The van der Waals surface area contributed by atoms with Crippen LogP contribution in [0.4, 0.5) is 0 Å². The molecule has 3 aromatic rings. The van der Waals surface area contributed by atoms with Crippen molar-refractivity contribution in [3.05, 3.63) is 85.5 Å². The van der Waals surface area contributed by atoms with Gasteiger partial charge in [-0.3, -0.25) is 0 Å². The Morgan fingerprint density at radius 1 is 0.943 bits per heavy atom. The molecule has 186 valence electrons. The van der Waals surface area contributed by atoms with Crippen LogP contribution in [0.2, 0.25) is 0 Å². The van der Waals surface area contributed by atoms with Crippen LogP contribution in [0, 0.1) is 14.1 Å². The average molecular weight is 591 g/mol. The van der Waals surface area contributed by atoms with Gasteiger partial charge in [0.25, 0.3) is 0 Å². The SMILES string of the molecule is Cc1ccc([I-]c2ccc(OCC(=O)OCC(O)COc3cccc(OCC4CO4)c3)cc2)cc1. The Morgan fingerprint density at radius 2 is 1.60 bits per heavy atom. The molecule has 0 spiro atoms. The Bertz CT molecular complexity index is 1080. The normalized spacial score (nSPS) is 15.3. The summed E-state index contributed by atoms with van der Waals surface area (Å²) in [6.07, 6.45) is -0.793. The van der Waals surface area contributed by atoms with Gasteiger partial charge in [-0.05, 0) is 12.1 Å². The first-order chi connectivity index (χ1) is 17.0. The van der Waals surface area contributed by atoms with Crippen molar-refractivity contribution < 1.29 is 54.8 Å². The van der Waals surface area contributed by atoms with Crippen molar-refractivity contribution in [2.75, 3.05) is 33.0 Å². The van der Waals surface area contributed by atoms with Crippen molar-refractivity contribution in [1.82, 2.24) is 0 Å². The first kappa shape index (κ1) is 25.3. The fraction of sp³-hybridized carbons (Fsp3) is 0.296. The maximum atomic E-state index is 12.0. The number of ether oxygens (including phenoxy) is 5. The van der Waals surface area contributed by atoms with Crippen LogP contribution in [0.25, 0.3) is 0 Å². The van der Waals surface area contributed by atoms with E-state index in [2.05, 4.69) is 31.2 Å². The quantitative estimate of drug-likeness (QED) is 0.174. The predicted molar refractivity (Wildman–Crippen MR) is 125 cm³/mol. The zero-order valence-electron chi connectivity index (χ0n) is 19.4. The van der Waals surface area contributed by atoms with Crippen LogP contribution in [-0.4, -0.2) is 56.3 Å². The van der Waals surface area contributed by atoms with Crippen molar-refractivity contribution in [2.24, 2.45) is 0 Å². The second-order valence-electron chi connectivity index (χ2n) is 8.02. The van der Waals surface area contributed by atoms with E-state index in [1.807, 2.05) is 30.3 Å². The molecule has 0 aliphatic carbocycles. The van der Waals surface area contributed by atoms with Crippen molar-refractivity contribution in [1.29, 1.82) is 0 Å². The molecule has 0 amide bonds. The van der Waals surface area contributed by atoms with Crippen molar-refractivity contribution in [2.45, 2.75) is 19.1 Å². The van der Waals surface area contributed by atoms with Crippen LogP contribution in [0.3, 0.4) is 0 Å². The van der Waals surface area contributed by atoms with E-state index in [0.717, 1.165) is 6.61 Å². The van der Waals surface area contributed by atoms with Gasteiger partial charge in [0, 0.05) is 6.07 Å². The average Bonchev–Trinajstić information content (AvgIpc) is 3.71. The molecule has 0 radical (unpaired) electrons. The zero-order valence-corrected chi connectivity index (χ0v) is 21.6. The minimum absolute atomic E-state index is 0.0190. The van der Waals surface area contributed by atoms with Gasteiger partial charge >= 0.3 is 151 Å². The maximum absolute atomic E-state index is 12.0. The van der Waals surface area contributed by atoms with Gasteiger partial charge < -0.3 is 9.47 Å². The van der Waals surface area contributed by atoms with Gasteiger partial charge in [0.2, 0.25) is 0 Å². The molecular weight excluding hydrogens is 563 g/mol. The molecule has 7 nitrogen and oxygen atoms in total. The molecule has 2 unspecified atom stereocenters. The number of halogens is 1. The number of esters is 1. The van der Waals surface area contributed by atoms with Gasteiger partial charge in [-0.15, -0.1) is 0 Å². The summed E-state index contributed by atoms with van der Waals surface area (Å²) in [5, 5.41) is 10.1. The summed E-state index contributed by atoms with van der Waals surface area (Å²) in [5.74, 6) is 1.26. The zero-order chi connectivity index (χ0) is 24.5. The molecule has 1 heterocycles. The molecule has 2 atom stereocenters. The molecule has 4 rings (SSSR count). The Labute approximate surface area is 215 Å². The summed E-state index contributed by atoms with van der Waals surface area (Å²) < 4.78 is 29.5. The number of hydrogen-bond donors (Lipinski definition) is 1. The molecule has 8 heteroatoms. The molecule has 3 aromatic carbocycles. The van der Waals surface area contributed by atoms with Crippen LogP contribution in [-0.2, 0) is 14.3 Å². The third kappa shape index (κ3) is 9.04. The second-order valence-corrected chi connectivity index (χ2v) is 11.1. The summed E-state index contributed by atoms with van der Waals surface area (Å²) in [4.78, 5) is 12.0. The topological polar surface area (TPSA) is 86.8 Å². The molecule has 35 heavy (non-hydrogen) atoms. The molecular formula is C27H28IO7-. The van der Waals surface area contributed by atoms with Crippen molar-refractivity contribution >= 4 is 5.97 Å². The summed E-state index contributed by atoms with van der Waals surface area (Å²) >= 11 is -0.257. The number of carbonyl (C=O) groups is 1. The van der Waals surface area contributed by atoms with Gasteiger partial charge in [-0.1, -0.05) is 6.07 Å². The van der Waals surface area contributed by atoms with E-state index in [0.29, 0.717) is 23.9 Å². The molecule has 0 saturated carbocycles. The van der Waals surface area contributed by atoms with E-state index in [1.165, 1.54) is 12.7 Å². The Balaban J connectivity index is 1.12. The van der Waals surface area contributed by atoms with E-state index in [-0.39, 0.29) is 47.1 Å². The number of rotatable bonds is 13. The third-order valence-corrected chi connectivity index (χ3v) is 7.61. The van der Waals surface area contributed by atoms with E-state index in [9.17, 15) is 9.90 Å². The van der Waals surface area contributed by atoms with E-state index in [4.69, 9.17) is 23.7 Å². The summed E-state index contributed by atoms with van der Waals surface area (Å²) in [6.45, 7) is 2.88. The van der Waals surface area contributed by atoms with Gasteiger partial charge in [-0.2, -0.15) is 0 Å². The summed E-state index contributed by atoms with van der Waals surface area (Å²) in [6, 6.07) is 23.5. The molecule has 1 N–H and O–H groups in total. The summed E-state index contributed by atoms with van der Waals surface area (Å²) in [7, 11) is 0. The first-order valence-electron chi connectivity index (χ1n) is 11.3. The first-order valence-corrected chi connectivity index (χ1v) is 13.4. The molecule has 1 aliphatic heterocycles. The van der Waals surface area contributed by atoms with Crippen molar-refractivity contribution in [3.8, 4) is 17.2 Å². The Morgan fingerprint density at radius 3 is 2.29 bits per heavy atom.